The summed E-state index contributed by atoms with van der Waals surface area (Å²) < 4.78 is 41.5. The number of carbonyl (C=O) groups is 1. The third kappa shape index (κ3) is 4.38. The molecule has 1 aromatic carbocycles. The molecule has 9 nitrogen and oxygen atoms in total. The number of alkyl halides is 3. The van der Waals surface area contributed by atoms with E-state index in [1.165, 1.54) is 27.6 Å². The highest BCUT2D eigenvalue weighted by atomic mass is 19.4. The molecule has 0 spiro atoms. The fourth-order valence-electron chi connectivity index (χ4n) is 3.43. The molecule has 0 bridgehead atoms. The van der Waals surface area contributed by atoms with Gasteiger partial charge in [-0.1, -0.05) is 30.3 Å². The summed E-state index contributed by atoms with van der Waals surface area (Å²) in [5.74, 6) is -0.534. The predicted molar refractivity (Wildman–Crippen MR) is 103 cm³/mol. The lowest BCUT2D eigenvalue weighted by Crippen LogP contribution is -2.50. The van der Waals surface area contributed by atoms with Crippen LogP contribution in [-0.4, -0.2) is 54.9 Å². The van der Waals surface area contributed by atoms with E-state index in [2.05, 4.69) is 20.5 Å². The van der Waals surface area contributed by atoms with E-state index in [1.54, 1.807) is 0 Å². The monoisotopic (exact) mass is 435 g/mol. The van der Waals surface area contributed by atoms with E-state index >= 15 is 0 Å². The fraction of sp³-hybridized carbons (Fsp3) is 0.368. The number of amides is 1. The molecule has 2 unspecified atom stereocenters. The van der Waals surface area contributed by atoms with Gasteiger partial charge in [0.15, 0.2) is 5.69 Å². The molecule has 0 fully saturated rings. The first-order chi connectivity index (χ1) is 14.7. The largest absolute Gasteiger partial charge is 0.435 e. The summed E-state index contributed by atoms with van der Waals surface area (Å²) in [5, 5.41) is 21.0. The van der Waals surface area contributed by atoms with Gasteiger partial charge in [-0.3, -0.25) is 4.79 Å². The Labute approximate surface area is 175 Å². The third-order valence-corrected chi connectivity index (χ3v) is 5.06. The number of carbonyl (C=O) groups excluding carboxylic acids is 1. The summed E-state index contributed by atoms with van der Waals surface area (Å²) >= 11 is 0. The molecule has 3 aromatic rings. The van der Waals surface area contributed by atoms with Gasteiger partial charge in [-0.15, -0.1) is 5.10 Å². The fourth-order valence-corrected chi connectivity index (χ4v) is 3.43. The molecule has 4 rings (SSSR count). The lowest BCUT2D eigenvalue weighted by atomic mass is 10.1. The van der Waals surface area contributed by atoms with Crippen LogP contribution in [-0.2, 0) is 19.3 Å². The minimum absolute atomic E-state index is 0.0628. The number of anilines is 1. The maximum atomic E-state index is 12.9. The van der Waals surface area contributed by atoms with Crippen LogP contribution in [0.1, 0.15) is 28.3 Å². The predicted octanol–water partition coefficient (Wildman–Crippen LogP) is 1.50. The van der Waals surface area contributed by atoms with Crippen molar-refractivity contribution in [2.75, 3.05) is 11.9 Å². The van der Waals surface area contributed by atoms with Gasteiger partial charge in [-0.2, -0.15) is 18.3 Å². The number of likely N-dealkylation sites (N-methyl/N-ethyl adjacent to an activating group) is 1. The van der Waals surface area contributed by atoms with E-state index in [0.717, 1.165) is 11.6 Å². The van der Waals surface area contributed by atoms with Crippen LogP contribution in [0.5, 0.6) is 0 Å². The lowest BCUT2D eigenvalue weighted by molar-refractivity contribution is -0.141. The van der Waals surface area contributed by atoms with Gasteiger partial charge in [0.1, 0.15) is 18.4 Å². The quantitative estimate of drug-likeness (QED) is 0.644. The number of fused-ring (bicyclic) bond motifs is 1. The topological polar surface area (TPSA) is 101 Å². The second-order valence-electron chi connectivity index (χ2n) is 7.25. The molecule has 0 saturated heterocycles. The second-order valence-corrected chi connectivity index (χ2v) is 7.25. The molecule has 3 heterocycles. The first kappa shape index (κ1) is 20.8. The summed E-state index contributed by atoms with van der Waals surface area (Å²) in [4.78, 5) is 17.9. The van der Waals surface area contributed by atoms with Crippen LogP contribution in [0.25, 0.3) is 0 Å². The molecular formula is C19H20F3N7O2. The molecule has 12 heteroatoms. The molecule has 31 heavy (non-hydrogen) atoms. The van der Waals surface area contributed by atoms with Gasteiger partial charge < -0.3 is 15.3 Å². The number of halogens is 3. The van der Waals surface area contributed by atoms with Crippen molar-refractivity contribution in [3.63, 3.8) is 0 Å². The van der Waals surface area contributed by atoms with Crippen molar-refractivity contribution in [1.82, 2.24) is 29.9 Å². The normalized spacial score (nSPS) is 19.1. The Balaban J connectivity index is 1.44. The first-order valence-corrected chi connectivity index (χ1v) is 9.52. The maximum Gasteiger partial charge on any atom is 0.435 e. The van der Waals surface area contributed by atoms with Crippen LogP contribution in [0, 0.1) is 0 Å². The molecule has 164 valence electrons. The Bertz CT molecular complexity index is 1060. The summed E-state index contributed by atoms with van der Waals surface area (Å²) in [5.41, 5.74) is -0.0370. The second kappa shape index (κ2) is 8.02. The minimum atomic E-state index is -4.58. The number of hydrogen-bond acceptors (Lipinski definition) is 6. The average molecular weight is 435 g/mol. The highest BCUT2D eigenvalue weighted by molar-refractivity contribution is 5.90. The number of rotatable bonds is 4. The SMILES string of the molecule is CN1c2cc(C(F)(F)F)nn2CCC(NC(=O)c2ncn(Cc3ccccc3)n2)C1O. The van der Waals surface area contributed by atoms with E-state index in [4.69, 9.17) is 0 Å². The minimum Gasteiger partial charge on any atom is -0.371 e. The Morgan fingerprint density at radius 3 is 2.71 bits per heavy atom. The maximum absolute atomic E-state index is 12.9. The number of aromatic nitrogens is 5. The summed E-state index contributed by atoms with van der Waals surface area (Å²) in [6, 6.07) is 9.65. The van der Waals surface area contributed by atoms with Crippen LogP contribution >= 0.6 is 0 Å². The number of nitrogens with one attached hydrogen (secondary N) is 1. The number of nitrogens with zero attached hydrogens (tertiary/aromatic N) is 6. The smallest absolute Gasteiger partial charge is 0.371 e. The molecule has 0 aliphatic carbocycles. The van der Waals surface area contributed by atoms with Crippen LogP contribution in [0.4, 0.5) is 19.0 Å². The Morgan fingerprint density at radius 1 is 1.26 bits per heavy atom. The zero-order valence-electron chi connectivity index (χ0n) is 16.5. The molecule has 0 radical (unpaired) electrons. The van der Waals surface area contributed by atoms with Gasteiger partial charge in [0.25, 0.3) is 5.91 Å². The van der Waals surface area contributed by atoms with E-state index < -0.39 is 30.0 Å². The molecule has 2 atom stereocenters. The van der Waals surface area contributed by atoms with Gasteiger partial charge in [0.2, 0.25) is 5.82 Å². The van der Waals surface area contributed by atoms with Gasteiger partial charge in [-0.25, -0.2) is 14.3 Å². The number of aryl methyl sites for hydroxylation is 1. The van der Waals surface area contributed by atoms with Crippen LogP contribution < -0.4 is 10.2 Å². The van der Waals surface area contributed by atoms with Crippen molar-refractivity contribution in [2.45, 2.75) is 38.0 Å². The van der Waals surface area contributed by atoms with Crippen molar-refractivity contribution in [3.8, 4) is 0 Å². The highest BCUT2D eigenvalue weighted by Gasteiger charge is 2.38. The summed E-state index contributed by atoms with van der Waals surface area (Å²) in [7, 11) is 1.44. The van der Waals surface area contributed by atoms with Gasteiger partial charge in [-0.05, 0) is 12.0 Å². The number of aliphatic hydroxyl groups is 1. The summed E-state index contributed by atoms with van der Waals surface area (Å²) in [6.45, 7) is 0.534. The van der Waals surface area contributed by atoms with Crippen molar-refractivity contribution in [3.05, 3.63) is 59.8 Å². The number of benzene rings is 1. The van der Waals surface area contributed by atoms with Crippen LogP contribution in [0.15, 0.2) is 42.7 Å². The van der Waals surface area contributed by atoms with Gasteiger partial charge in [0.05, 0.1) is 12.6 Å². The van der Waals surface area contributed by atoms with Crippen molar-refractivity contribution < 1.29 is 23.1 Å². The van der Waals surface area contributed by atoms with Crippen molar-refractivity contribution in [2.24, 2.45) is 0 Å². The van der Waals surface area contributed by atoms with E-state index in [0.29, 0.717) is 6.54 Å². The van der Waals surface area contributed by atoms with Crippen molar-refractivity contribution >= 4 is 11.7 Å². The lowest BCUT2D eigenvalue weighted by Gasteiger charge is -2.28. The van der Waals surface area contributed by atoms with Gasteiger partial charge in [0, 0.05) is 19.7 Å². The van der Waals surface area contributed by atoms with Crippen LogP contribution in [0.2, 0.25) is 0 Å². The van der Waals surface area contributed by atoms with Gasteiger partial charge >= 0.3 is 6.18 Å². The molecule has 1 aliphatic heterocycles. The Morgan fingerprint density at radius 2 is 2.00 bits per heavy atom. The molecular weight excluding hydrogens is 415 g/mol. The van der Waals surface area contributed by atoms with E-state index in [9.17, 15) is 23.1 Å². The molecule has 0 saturated carbocycles. The third-order valence-electron chi connectivity index (χ3n) is 5.06. The first-order valence-electron chi connectivity index (χ1n) is 9.52. The number of hydrogen-bond donors (Lipinski definition) is 2. The summed E-state index contributed by atoms with van der Waals surface area (Å²) in [6.07, 6.45) is -4.22. The average Bonchev–Trinajstić information content (AvgIpc) is 3.35. The number of aliphatic hydroxyl groups excluding tert-OH is 1. The van der Waals surface area contributed by atoms with E-state index in [1.807, 2.05) is 30.3 Å². The molecule has 1 amide bonds. The highest BCUT2D eigenvalue weighted by Crippen LogP contribution is 2.32. The van der Waals surface area contributed by atoms with Crippen molar-refractivity contribution in [1.29, 1.82) is 0 Å². The Kier molecular flexibility index (Phi) is 5.39. The standard InChI is InChI=1S/C19H20F3N7O2/c1-27-15-9-14(19(20,21)22)25-29(15)8-7-13(18(27)31)24-17(30)16-23-11-28(26-16)10-12-5-3-2-4-6-12/h2-6,9,11,13,18,31H,7-8,10H2,1H3,(H,24,30). The zero-order valence-corrected chi connectivity index (χ0v) is 16.5. The molecule has 2 N–H and O–H groups in total. The zero-order chi connectivity index (χ0) is 22.2. The van der Waals surface area contributed by atoms with Crippen LogP contribution in [0.3, 0.4) is 0 Å². The molecule has 2 aromatic heterocycles. The molecule has 1 aliphatic rings. The van der Waals surface area contributed by atoms with E-state index in [-0.39, 0.29) is 24.6 Å². The Hall–Kier alpha value is -3.41.